The highest BCUT2D eigenvalue weighted by Gasteiger charge is 2.33. The smallest absolute Gasteiger partial charge is 0.251 e. The minimum atomic E-state index is -0.604. The van der Waals surface area contributed by atoms with Gasteiger partial charge in [0.25, 0.3) is 5.91 Å². The molecule has 1 heterocycles. The number of amides is 2. The number of carbonyl (C=O) groups is 2. The molecule has 4 N–H and O–H groups in total. The zero-order chi connectivity index (χ0) is 18.4. The molecular weight excluding hydrogens is 318 g/mol. The summed E-state index contributed by atoms with van der Waals surface area (Å²) in [4.78, 5) is 24.5. The van der Waals surface area contributed by atoms with Gasteiger partial charge in [-0.3, -0.25) is 9.59 Å². The number of hydrogen-bond acceptors (Lipinski definition) is 4. The fourth-order valence-corrected chi connectivity index (χ4v) is 3.08. The van der Waals surface area contributed by atoms with Gasteiger partial charge in [-0.2, -0.15) is 0 Å². The Morgan fingerprint density at radius 3 is 2.68 bits per heavy atom. The van der Waals surface area contributed by atoms with Crippen molar-refractivity contribution in [3.63, 3.8) is 0 Å². The molecule has 1 saturated heterocycles. The second-order valence-corrected chi connectivity index (χ2v) is 7.35. The Morgan fingerprint density at radius 1 is 1.36 bits per heavy atom. The van der Waals surface area contributed by atoms with Crippen molar-refractivity contribution >= 4 is 17.5 Å². The van der Waals surface area contributed by atoms with Crippen LogP contribution >= 0.6 is 0 Å². The third kappa shape index (κ3) is 5.28. The SMILES string of the molecule is Cc1cc(C(=O)NC2(CO)CCCNC2)ccc1NC(=O)CC(C)C. The van der Waals surface area contributed by atoms with Gasteiger partial charge in [0.15, 0.2) is 0 Å². The minimum absolute atomic E-state index is 0.0252. The van der Waals surface area contributed by atoms with Crippen molar-refractivity contribution in [1.82, 2.24) is 10.6 Å². The van der Waals surface area contributed by atoms with E-state index >= 15 is 0 Å². The Labute approximate surface area is 149 Å². The standard InChI is InChI=1S/C19H29N3O3/c1-13(2)9-17(24)21-16-6-5-15(10-14(16)3)18(25)22-19(12-23)7-4-8-20-11-19/h5-6,10,13,20,23H,4,7-9,11-12H2,1-3H3,(H,21,24)(H,22,25). The van der Waals surface area contributed by atoms with Gasteiger partial charge in [-0.05, 0) is 56.0 Å². The molecule has 0 radical (unpaired) electrons. The molecule has 0 aliphatic carbocycles. The summed E-state index contributed by atoms with van der Waals surface area (Å²) in [5.74, 6) is 0.0628. The van der Waals surface area contributed by atoms with Crippen LogP contribution in [0.15, 0.2) is 18.2 Å². The summed E-state index contributed by atoms with van der Waals surface area (Å²) in [6.07, 6.45) is 2.14. The second-order valence-electron chi connectivity index (χ2n) is 7.35. The molecule has 1 atom stereocenters. The van der Waals surface area contributed by atoms with Gasteiger partial charge in [0, 0.05) is 24.2 Å². The lowest BCUT2D eigenvalue weighted by Gasteiger charge is -2.36. The Morgan fingerprint density at radius 2 is 2.12 bits per heavy atom. The van der Waals surface area contributed by atoms with Gasteiger partial charge in [0.1, 0.15) is 0 Å². The predicted molar refractivity (Wildman–Crippen MR) is 98.7 cm³/mol. The molecule has 0 aromatic heterocycles. The number of rotatable bonds is 6. The lowest BCUT2D eigenvalue weighted by Crippen LogP contribution is -2.60. The average Bonchev–Trinajstić information content (AvgIpc) is 2.56. The molecule has 1 fully saturated rings. The van der Waals surface area contributed by atoms with Crippen LogP contribution in [-0.2, 0) is 4.79 Å². The number of carbonyl (C=O) groups excluding carboxylic acids is 2. The van der Waals surface area contributed by atoms with Crippen LogP contribution in [-0.4, -0.2) is 42.2 Å². The van der Waals surface area contributed by atoms with Crippen LogP contribution in [0.25, 0.3) is 0 Å². The Balaban J connectivity index is 2.06. The average molecular weight is 347 g/mol. The molecule has 6 nitrogen and oxygen atoms in total. The number of piperidine rings is 1. The van der Waals surface area contributed by atoms with Gasteiger partial charge in [0.05, 0.1) is 12.1 Å². The summed E-state index contributed by atoms with van der Waals surface area (Å²) in [6.45, 7) is 7.24. The highest BCUT2D eigenvalue weighted by molar-refractivity contribution is 5.97. The van der Waals surface area contributed by atoms with E-state index in [-0.39, 0.29) is 18.4 Å². The van der Waals surface area contributed by atoms with Crippen molar-refractivity contribution < 1.29 is 14.7 Å². The van der Waals surface area contributed by atoms with E-state index in [1.807, 2.05) is 20.8 Å². The molecular formula is C19H29N3O3. The van der Waals surface area contributed by atoms with E-state index in [0.29, 0.717) is 24.4 Å². The summed E-state index contributed by atoms with van der Waals surface area (Å²) in [7, 11) is 0. The van der Waals surface area contributed by atoms with Gasteiger partial charge >= 0.3 is 0 Å². The van der Waals surface area contributed by atoms with Crippen LogP contribution in [0, 0.1) is 12.8 Å². The Bertz CT molecular complexity index is 622. The number of aliphatic hydroxyl groups excluding tert-OH is 1. The Hall–Kier alpha value is -1.92. The third-order valence-electron chi connectivity index (χ3n) is 4.51. The lowest BCUT2D eigenvalue weighted by molar-refractivity contribution is -0.116. The summed E-state index contributed by atoms with van der Waals surface area (Å²) in [5, 5.41) is 18.8. The monoisotopic (exact) mass is 347 g/mol. The van der Waals surface area contributed by atoms with Crippen molar-refractivity contribution in [2.75, 3.05) is 25.0 Å². The van der Waals surface area contributed by atoms with Crippen LogP contribution in [0.3, 0.4) is 0 Å². The maximum absolute atomic E-state index is 12.6. The molecule has 2 rings (SSSR count). The first kappa shape index (κ1) is 19.4. The molecule has 1 aromatic carbocycles. The van der Waals surface area contributed by atoms with E-state index < -0.39 is 5.54 Å². The van der Waals surface area contributed by atoms with Crippen LogP contribution in [0.1, 0.15) is 49.0 Å². The lowest BCUT2D eigenvalue weighted by atomic mass is 9.90. The molecule has 25 heavy (non-hydrogen) atoms. The molecule has 1 aliphatic heterocycles. The Kier molecular flexibility index (Phi) is 6.56. The fourth-order valence-electron chi connectivity index (χ4n) is 3.08. The molecule has 6 heteroatoms. The van der Waals surface area contributed by atoms with E-state index in [9.17, 15) is 14.7 Å². The van der Waals surface area contributed by atoms with Crippen molar-refractivity contribution in [1.29, 1.82) is 0 Å². The van der Waals surface area contributed by atoms with E-state index in [4.69, 9.17) is 0 Å². The highest BCUT2D eigenvalue weighted by atomic mass is 16.3. The van der Waals surface area contributed by atoms with Gasteiger partial charge in [-0.15, -0.1) is 0 Å². The van der Waals surface area contributed by atoms with E-state index in [0.717, 1.165) is 30.6 Å². The second kappa shape index (κ2) is 8.45. The molecule has 2 amide bonds. The van der Waals surface area contributed by atoms with Crippen molar-refractivity contribution in [2.24, 2.45) is 5.92 Å². The molecule has 0 spiro atoms. The maximum atomic E-state index is 12.6. The largest absolute Gasteiger partial charge is 0.394 e. The first-order chi connectivity index (χ1) is 11.8. The van der Waals surface area contributed by atoms with Crippen LogP contribution in [0.5, 0.6) is 0 Å². The summed E-state index contributed by atoms with van der Waals surface area (Å²) in [5.41, 5.74) is 1.48. The van der Waals surface area contributed by atoms with Crippen molar-refractivity contribution in [3.05, 3.63) is 29.3 Å². The predicted octanol–water partition coefficient (Wildman–Crippen LogP) is 1.82. The number of aryl methyl sites for hydroxylation is 1. The zero-order valence-electron chi connectivity index (χ0n) is 15.3. The van der Waals surface area contributed by atoms with E-state index in [2.05, 4.69) is 16.0 Å². The zero-order valence-corrected chi connectivity index (χ0v) is 15.3. The summed E-state index contributed by atoms with van der Waals surface area (Å²) in [6, 6.07) is 5.23. The number of hydrogen-bond donors (Lipinski definition) is 4. The van der Waals surface area contributed by atoms with Gasteiger partial charge < -0.3 is 21.1 Å². The first-order valence-corrected chi connectivity index (χ1v) is 8.90. The highest BCUT2D eigenvalue weighted by Crippen LogP contribution is 2.20. The molecule has 1 aliphatic rings. The maximum Gasteiger partial charge on any atom is 0.251 e. The summed E-state index contributed by atoms with van der Waals surface area (Å²) >= 11 is 0. The van der Waals surface area contributed by atoms with Crippen molar-refractivity contribution in [3.8, 4) is 0 Å². The molecule has 0 saturated carbocycles. The quantitative estimate of drug-likeness (QED) is 0.632. The van der Waals surface area contributed by atoms with Gasteiger partial charge in [-0.25, -0.2) is 0 Å². The van der Waals surface area contributed by atoms with Crippen LogP contribution < -0.4 is 16.0 Å². The topological polar surface area (TPSA) is 90.5 Å². The number of aliphatic hydroxyl groups is 1. The van der Waals surface area contributed by atoms with Gasteiger partial charge in [-0.1, -0.05) is 13.8 Å². The number of benzene rings is 1. The fraction of sp³-hybridized carbons (Fsp3) is 0.579. The molecule has 138 valence electrons. The van der Waals surface area contributed by atoms with E-state index in [1.165, 1.54) is 0 Å². The van der Waals surface area contributed by atoms with Gasteiger partial charge in [0.2, 0.25) is 5.91 Å². The molecule has 0 bridgehead atoms. The number of nitrogens with one attached hydrogen (secondary N) is 3. The third-order valence-corrected chi connectivity index (χ3v) is 4.51. The van der Waals surface area contributed by atoms with Crippen molar-refractivity contribution in [2.45, 2.75) is 45.6 Å². The van der Waals surface area contributed by atoms with Crippen LogP contribution in [0.2, 0.25) is 0 Å². The van der Waals surface area contributed by atoms with E-state index in [1.54, 1.807) is 18.2 Å². The number of anilines is 1. The summed E-state index contributed by atoms with van der Waals surface area (Å²) < 4.78 is 0. The molecule has 1 aromatic rings. The first-order valence-electron chi connectivity index (χ1n) is 8.90. The minimum Gasteiger partial charge on any atom is -0.394 e. The van der Waals surface area contributed by atoms with Crippen LogP contribution in [0.4, 0.5) is 5.69 Å². The normalized spacial score (nSPS) is 20.4. The molecule has 1 unspecified atom stereocenters.